The number of carbonyl (C=O) groups excluding carboxylic acids is 2. The summed E-state index contributed by atoms with van der Waals surface area (Å²) >= 11 is 7.27. The first kappa shape index (κ1) is 18.0. The number of thioether (sulfide) groups is 1. The molecule has 0 bridgehead atoms. The number of hydrogen-bond donors (Lipinski definition) is 3. The molecule has 0 radical (unpaired) electrons. The lowest BCUT2D eigenvalue weighted by Crippen LogP contribution is -2.71. The Morgan fingerprint density at radius 3 is 2.72 bits per heavy atom. The first-order chi connectivity index (χ1) is 11.6. The van der Waals surface area contributed by atoms with E-state index in [9.17, 15) is 19.5 Å². The van der Waals surface area contributed by atoms with Crippen molar-refractivity contribution in [1.82, 2.24) is 10.2 Å². The smallest absolute Gasteiger partial charge is 0.327 e. The molecule has 4 atom stereocenters. The van der Waals surface area contributed by atoms with Crippen LogP contribution in [0.2, 0.25) is 5.02 Å². The highest BCUT2D eigenvalue weighted by Crippen LogP contribution is 2.50. The molecule has 2 aliphatic heterocycles. The molecule has 1 unspecified atom stereocenters. The van der Waals surface area contributed by atoms with Crippen molar-refractivity contribution in [3.8, 4) is 0 Å². The molecule has 0 spiro atoms. The summed E-state index contributed by atoms with van der Waals surface area (Å²) in [7, 11) is 0. The zero-order valence-corrected chi connectivity index (χ0v) is 15.2. The van der Waals surface area contributed by atoms with Crippen LogP contribution in [0.4, 0.5) is 0 Å². The minimum Gasteiger partial charge on any atom is -0.480 e. The molecule has 2 fully saturated rings. The Morgan fingerprint density at radius 1 is 1.44 bits per heavy atom. The van der Waals surface area contributed by atoms with Gasteiger partial charge in [-0.3, -0.25) is 9.59 Å². The third-order valence-electron chi connectivity index (χ3n) is 4.46. The van der Waals surface area contributed by atoms with Crippen molar-refractivity contribution < 1.29 is 19.5 Å². The number of β-lactam (4-membered cyclic amide) rings is 1. The number of carboxylic acid groups (broad SMARTS) is 1. The Morgan fingerprint density at radius 2 is 2.12 bits per heavy atom. The molecule has 2 saturated heterocycles. The van der Waals surface area contributed by atoms with Crippen molar-refractivity contribution in [3.63, 3.8) is 0 Å². The molecule has 0 aromatic heterocycles. The number of halogens is 1. The summed E-state index contributed by atoms with van der Waals surface area (Å²) in [4.78, 5) is 37.6. The number of benzene rings is 1. The monoisotopic (exact) mass is 383 g/mol. The van der Waals surface area contributed by atoms with Crippen LogP contribution in [0, 0.1) is 0 Å². The van der Waals surface area contributed by atoms with Crippen LogP contribution in [0.5, 0.6) is 0 Å². The number of rotatable bonds is 4. The number of aliphatic carboxylic acids is 1. The van der Waals surface area contributed by atoms with Gasteiger partial charge in [-0.25, -0.2) is 4.79 Å². The molecule has 1 aromatic rings. The summed E-state index contributed by atoms with van der Waals surface area (Å²) < 4.78 is -0.638. The summed E-state index contributed by atoms with van der Waals surface area (Å²) in [6.07, 6.45) is 0. The van der Waals surface area contributed by atoms with Crippen LogP contribution in [0.1, 0.15) is 25.5 Å². The predicted molar refractivity (Wildman–Crippen MR) is 94.0 cm³/mol. The van der Waals surface area contributed by atoms with E-state index in [0.29, 0.717) is 10.6 Å². The topological polar surface area (TPSA) is 113 Å². The van der Waals surface area contributed by atoms with Gasteiger partial charge in [0.1, 0.15) is 23.5 Å². The van der Waals surface area contributed by atoms with E-state index in [0.717, 1.165) is 0 Å². The molecule has 2 aliphatic rings. The second-order valence-electron chi connectivity index (χ2n) is 6.62. The SMILES string of the molecule is CC1(C)S[C@@H]2[C@H](NC(=O)C(N)c3cccc(Cl)c3)C(=O)N2[C@H]1C(=O)O. The maximum absolute atomic E-state index is 12.4. The summed E-state index contributed by atoms with van der Waals surface area (Å²) in [5.41, 5.74) is 6.49. The highest BCUT2D eigenvalue weighted by atomic mass is 35.5. The van der Waals surface area contributed by atoms with Gasteiger partial charge in [-0.05, 0) is 31.5 Å². The zero-order chi connectivity index (χ0) is 18.5. The van der Waals surface area contributed by atoms with Gasteiger partial charge in [0.25, 0.3) is 0 Å². The molecular formula is C16H18ClN3O4S. The van der Waals surface area contributed by atoms with Gasteiger partial charge in [0.2, 0.25) is 11.8 Å². The molecule has 0 saturated carbocycles. The van der Waals surface area contributed by atoms with Gasteiger partial charge in [0.05, 0.1) is 0 Å². The van der Waals surface area contributed by atoms with Crippen LogP contribution >= 0.6 is 23.4 Å². The van der Waals surface area contributed by atoms with Crippen LogP contribution in [-0.2, 0) is 14.4 Å². The zero-order valence-electron chi connectivity index (χ0n) is 13.6. The van der Waals surface area contributed by atoms with Gasteiger partial charge < -0.3 is 21.1 Å². The number of nitrogens with zero attached hydrogens (tertiary/aromatic N) is 1. The molecule has 3 rings (SSSR count). The number of carbonyl (C=O) groups is 3. The molecular weight excluding hydrogens is 366 g/mol. The van der Waals surface area contributed by atoms with E-state index in [1.807, 2.05) is 0 Å². The van der Waals surface area contributed by atoms with Gasteiger partial charge in [0, 0.05) is 9.77 Å². The number of hydrogen-bond acceptors (Lipinski definition) is 5. The minimum absolute atomic E-state index is 0.401. The van der Waals surface area contributed by atoms with E-state index < -0.39 is 46.0 Å². The Kier molecular flexibility index (Phi) is 4.47. The molecule has 9 heteroatoms. The fraction of sp³-hybridized carbons (Fsp3) is 0.438. The third kappa shape index (κ3) is 2.98. The first-order valence-corrected chi connectivity index (χ1v) is 8.93. The van der Waals surface area contributed by atoms with Crippen LogP contribution in [-0.4, -0.2) is 50.0 Å². The van der Waals surface area contributed by atoms with Crippen molar-refractivity contribution >= 4 is 41.1 Å². The Hall–Kier alpha value is -1.77. The maximum atomic E-state index is 12.4. The summed E-state index contributed by atoms with van der Waals surface area (Å²) in [5, 5.41) is 12.1. The van der Waals surface area contributed by atoms with E-state index in [-0.39, 0.29) is 0 Å². The van der Waals surface area contributed by atoms with E-state index in [4.69, 9.17) is 17.3 Å². The van der Waals surface area contributed by atoms with Gasteiger partial charge in [0.15, 0.2) is 0 Å². The number of nitrogens with two attached hydrogens (primary N) is 1. The Balaban J connectivity index is 1.72. The molecule has 0 aliphatic carbocycles. The van der Waals surface area contributed by atoms with Gasteiger partial charge in [-0.15, -0.1) is 11.8 Å². The third-order valence-corrected chi connectivity index (χ3v) is 6.27. The first-order valence-electron chi connectivity index (χ1n) is 7.67. The Labute approximate surface area is 153 Å². The maximum Gasteiger partial charge on any atom is 0.327 e. The van der Waals surface area contributed by atoms with Crippen molar-refractivity contribution in [2.75, 3.05) is 0 Å². The predicted octanol–water partition coefficient (Wildman–Crippen LogP) is 0.971. The van der Waals surface area contributed by atoms with Gasteiger partial charge in [-0.1, -0.05) is 23.7 Å². The highest BCUT2D eigenvalue weighted by molar-refractivity contribution is 8.01. The van der Waals surface area contributed by atoms with Gasteiger partial charge in [-0.2, -0.15) is 0 Å². The lowest BCUT2D eigenvalue weighted by molar-refractivity contribution is -0.161. The molecule has 7 nitrogen and oxygen atoms in total. The van der Waals surface area contributed by atoms with E-state index >= 15 is 0 Å². The molecule has 4 N–H and O–H groups in total. The normalized spacial score (nSPS) is 28.1. The summed E-state index contributed by atoms with van der Waals surface area (Å²) in [6.45, 7) is 3.55. The fourth-order valence-corrected chi connectivity index (χ4v) is 5.06. The fourth-order valence-electron chi connectivity index (χ4n) is 3.24. The number of carboxylic acids is 1. The Bertz CT molecular complexity index is 757. The molecule has 134 valence electrons. The second kappa shape index (κ2) is 6.19. The quantitative estimate of drug-likeness (QED) is 0.668. The largest absolute Gasteiger partial charge is 0.480 e. The summed E-state index contributed by atoms with van der Waals surface area (Å²) in [6, 6.07) is 3.99. The number of nitrogens with one attached hydrogen (secondary N) is 1. The van der Waals surface area contributed by atoms with Crippen LogP contribution < -0.4 is 11.1 Å². The van der Waals surface area contributed by atoms with Crippen LogP contribution in [0.3, 0.4) is 0 Å². The van der Waals surface area contributed by atoms with Crippen molar-refractivity contribution in [2.24, 2.45) is 5.73 Å². The van der Waals surface area contributed by atoms with Crippen molar-refractivity contribution in [2.45, 2.75) is 42.1 Å². The summed E-state index contributed by atoms with van der Waals surface area (Å²) in [5.74, 6) is -1.95. The molecule has 1 aromatic carbocycles. The minimum atomic E-state index is -1.05. The number of amides is 2. The van der Waals surface area contributed by atoms with Crippen LogP contribution in [0.15, 0.2) is 24.3 Å². The number of fused-ring (bicyclic) bond motifs is 1. The van der Waals surface area contributed by atoms with E-state index in [1.165, 1.54) is 16.7 Å². The highest BCUT2D eigenvalue weighted by Gasteiger charge is 2.64. The molecule has 2 heterocycles. The second-order valence-corrected chi connectivity index (χ2v) is 8.82. The average molecular weight is 384 g/mol. The average Bonchev–Trinajstić information content (AvgIpc) is 2.80. The van der Waals surface area contributed by atoms with Gasteiger partial charge >= 0.3 is 5.97 Å². The van der Waals surface area contributed by atoms with E-state index in [2.05, 4.69) is 5.32 Å². The van der Waals surface area contributed by atoms with Crippen LogP contribution in [0.25, 0.3) is 0 Å². The lowest BCUT2D eigenvalue weighted by Gasteiger charge is -2.43. The molecule has 25 heavy (non-hydrogen) atoms. The van der Waals surface area contributed by atoms with Crippen molar-refractivity contribution in [3.05, 3.63) is 34.9 Å². The van der Waals surface area contributed by atoms with E-state index in [1.54, 1.807) is 38.1 Å². The lowest BCUT2D eigenvalue weighted by atomic mass is 9.95. The standard InChI is InChI=1S/C16H18ClN3O4S/c1-16(2)11(15(23)24)20-13(22)10(14(20)25-16)19-12(21)9(18)7-4-3-5-8(17)6-7/h3-6,9-11,14H,18H2,1-2H3,(H,19,21)(H,23,24)/t9?,10-,11+,14-/m1/s1. The van der Waals surface area contributed by atoms with Crippen molar-refractivity contribution in [1.29, 1.82) is 0 Å². The molecule has 2 amide bonds.